The molecule has 0 aliphatic rings. The van der Waals surface area contributed by atoms with E-state index in [9.17, 15) is 4.57 Å². The topological polar surface area (TPSA) is 26.3 Å². The van der Waals surface area contributed by atoms with Gasteiger partial charge in [-0.15, -0.1) is 0 Å². The Morgan fingerprint density at radius 3 is 2.00 bits per heavy atom. The molecule has 18 heavy (non-hydrogen) atoms. The van der Waals surface area contributed by atoms with Crippen LogP contribution in [0.25, 0.3) is 0 Å². The Hall–Kier alpha value is -1.66. The minimum atomic E-state index is -1.51. The lowest BCUT2D eigenvalue weighted by atomic mass is 10.3. The van der Waals surface area contributed by atoms with E-state index in [0.717, 1.165) is 16.4 Å². The molecule has 2 rings (SSSR count). The zero-order chi connectivity index (χ0) is 13.0. The Morgan fingerprint density at radius 1 is 0.889 bits per heavy atom. The van der Waals surface area contributed by atoms with Gasteiger partial charge >= 0.3 is 7.80 Å². The van der Waals surface area contributed by atoms with Gasteiger partial charge in [-0.2, -0.15) is 0 Å². The minimum Gasteiger partial charge on any atom is -0.491 e. The van der Waals surface area contributed by atoms with Crippen molar-refractivity contribution in [2.24, 2.45) is 0 Å². The van der Waals surface area contributed by atoms with Crippen molar-refractivity contribution in [3.8, 4) is 5.75 Å². The molecule has 0 saturated heterocycles. The summed E-state index contributed by atoms with van der Waals surface area (Å²) < 4.78 is 17.8. The number of benzene rings is 2. The van der Waals surface area contributed by atoms with Crippen LogP contribution in [0.4, 0.5) is 0 Å². The fourth-order valence-corrected chi connectivity index (χ4v) is 2.81. The Morgan fingerprint density at radius 2 is 1.44 bits per heavy atom. The van der Waals surface area contributed by atoms with E-state index in [-0.39, 0.29) is 6.10 Å². The molecule has 92 valence electrons. The first-order valence-electron chi connectivity index (χ1n) is 5.96. The molecule has 0 amide bonds. The van der Waals surface area contributed by atoms with Crippen molar-refractivity contribution in [3.05, 3.63) is 54.6 Å². The number of ether oxygens (including phenoxy) is 1. The van der Waals surface area contributed by atoms with E-state index in [4.69, 9.17) is 4.74 Å². The summed E-state index contributed by atoms with van der Waals surface area (Å²) >= 11 is 0. The van der Waals surface area contributed by atoms with Gasteiger partial charge in [-0.1, -0.05) is 22.8 Å². The molecule has 0 radical (unpaired) electrons. The number of hydrogen-bond donors (Lipinski definition) is 0. The smallest absolute Gasteiger partial charge is 0.415 e. The van der Waals surface area contributed by atoms with Crippen LogP contribution in [0.1, 0.15) is 13.8 Å². The maximum Gasteiger partial charge on any atom is 0.415 e. The van der Waals surface area contributed by atoms with Gasteiger partial charge < -0.3 is 4.74 Å². The highest BCUT2D eigenvalue weighted by Gasteiger charge is 2.22. The van der Waals surface area contributed by atoms with Gasteiger partial charge in [0.2, 0.25) is 0 Å². The standard InChI is InChI=1S/C15H16O2P/c1-12(2)17-13-8-10-15(11-9-13)18(16)14-6-4-3-5-7-14/h3-12H,1-2H3/q+1. The van der Waals surface area contributed by atoms with Crippen LogP contribution in [-0.2, 0) is 4.57 Å². The molecule has 2 aromatic rings. The third-order valence-corrected chi connectivity index (χ3v) is 3.97. The molecule has 0 aliphatic heterocycles. The fraction of sp³-hybridized carbons (Fsp3) is 0.200. The van der Waals surface area contributed by atoms with E-state index in [1.165, 1.54) is 0 Å². The van der Waals surface area contributed by atoms with Gasteiger partial charge in [0, 0.05) is 0 Å². The average molecular weight is 259 g/mol. The van der Waals surface area contributed by atoms with E-state index >= 15 is 0 Å². The molecule has 0 fully saturated rings. The Labute approximate surface area is 108 Å². The number of hydrogen-bond acceptors (Lipinski definition) is 2. The SMILES string of the molecule is CC(C)Oc1ccc([P+](=O)c2ccccc2)cc1. The van der Waals surface area contributed by atoms with Gasteiger partial charge in [-0.3, -0.25) is 0 Å². The highest BCUT2D eigenvalue weighted by atomic mass is 31.1. The lowest BCUT2D eigenvalue weighted by molar-refractivity contribution is 0.242. The highest BCUT2D eigenvalue weighted by Crippen LogP contribution is 2.21. The number of rotatable bonds is 4. The summed E-state index contributed by atoms with van der Waals surface area (Å²) in [5.41, 5.74) is 0. The zero-order valence-corrected chi connectivity index (χ0v) is 11.4. The predicted molar refractivity (Wildman–Crippen MR) is 75.5 cm³/mol. The monoisotopic (exact) mass is 259 g/mol. The van der Waals surface area contributed by atoms with Crippen molar-refractivity contribution in [2.45, 2.75) is 20.0 Å². The van der Waals surface area contributed by atoms with Crippen LogP contribution in [0.15, 0.2) is 54.6 Å². The molecule has 0 bridgehead atoms. The lowest BCUT2D eigenvalue weighted by Crippen LogP contribution is -2.08. The Balaban J connectivity index is 2.17. The quantitative estimate of drug-likeness (QED) is 0.788. The Bertz CT molecular complexity index is 518. The van der Waals surface area contributed by atoms with Crippen LogP contribution in [-0.4, -0.2) is 6.10 Å². The van der Waals surface area contributed by atoms with Crippen molar-refractivity contribution in [2.75, 3.05) is 0 Å². The van der Waals surface area contributed by atoms with Crippen molar-refractivity contribution >= 4 is 18.4 Å². The van der Waals surface area contributed by atoms with Crippen molar-refractivity contribution in [3.63, 3.8) is 0 Å². The second kappa shape index (κ2) is 5.79. The molecular formula is C15H16O2P+. The third kappa shape index (κ3) is 3.18. The maximum atomic E-state index is 12.3. The molecule has 0 aliphatic carbocycles. The first-order valence-corrected chi connectivity index (χ1v) is 7.22. The molecule has 0 heterocycles. The molecule has 0 spiro atoms. The van der Waals surface area contributed by atoms with Gasteiger partial charge in [0.25, 0.3) is 0 Å². The van der Waals surface area contributed by atoms with Gasteiger partial charge in [-0.05, 0) is 50.2 Å². The summed E-state index contributed by atoms with van der Waals surface area (Å²) in [6.07, 6.45) is 0.152. The van der Waals surface area contributed by atoms with E-state index in [0.29, 0.717) is 0 Å². The summed E-state index contributed by atoms with van der Waals surface area (Å²) in [6, 6.07) is 17.0. The summed E-state index contributed by atoms with van der Waals surface area (Å²) in [6.45, 7) is 3.97. The maximum absolute atomic E-state index is 12.3. The van der Waals surface area contributed by atoms with E-state index in [2.05, 4.69) is 0 Å². The van der Waals surface area contributed by atoms with E-state index in [1.807, 2.05) is 68.4 Å². The summed E-state index contributed by atoms with van der Waals surface area (Å²) in [5.74, 6) is 0.810. The summed E-state index contributed by atoms with van der Waals surface area (Å²) in [7, 11) is -1.51. The highest BCUT2D eigenvalue weighted by molar-refractivity contribution is 7.61. The molecule has 0 N–H and O–H groups in total. The molecule has 3 heteroatoms. The first-order chi connectivity index (χ1) is 8.66. The van der Waals surface area contributed by atoms with Crippen LogP contribution < -0.4 is 15.3 Å². The second-order valence-corrected chi connectivity index (χ2v) is 5.91. The normalized spacial score (nSPS) is 11.4. The second-order valence-electron chi connectivity index (χ2n) is 4.29. The van der Waals surface area contributed by atoms with Crippen molar-refractivity contribution < 1.29 is 9.30 Å². The van der Waals surface area contributed by atoms with Gasteiger partial charge in [-0.25, -0.2) is 0 Å². The van der Waals surface area contributed by atoms with Crippen molar-refractivity contribution in [1.29, 1.82) is 0 Å². The van der Waals surface area contributed by atoms with Crippen LogP contribution in [0.5, 0.6) is 5.75 Å². The predicted octanol–water partition coefficient (Wildman–Crippen LogP) is 3.25. The van der Waals surface area contributed by atoms with Gasteiger partial charge in [0.1, 0.15) is 5.75 Å². The van der Waals surface area contributed by atoms with Crippen LogP contribution >= 0.6 is 7.80 Å². The average Bonchev–Trinajstić information content (AvgIpc) is 2.39. The Kier molecular flexibility index (Phi) is 4.11. The summed E-state index contributed by atoms with van der Waals surface area (Å²) in [5, 5.41) is 1.68. The molecule has 1 atom stereocenters. The third-order valence-electron chi connectivity index (χ3n) is 2.43. The van der Waals surface area contributed by atoms with Crippen LogP contribution in [0.2, 0.25) is 0 Å². The largest absolute Gasteiger partial charge is 0.491 e. The van der Waals surface area contributed by atoms with Gasteiger partial charge in [0.05, 0.1) is 6.10 Å². The fourth-order valence-electron chi connectivity index (χ4n) is 1.64. The lowest BCUT2D eigenvalue weighted by Gasteiger charge is -2.08. The first kappa shape index (κ1) is 12.8. The van der Waals surface area contributed by atoms with Crippen molar-refractivity contribution in [1.82, 2.24) is 0 Å². The van der Waals surface area contributed by atoms with Gasteiger partial charge in [0.15, 0.2) is 10.6 Å². The summed E-state index contributed by atoms with van der Waals surface area (Å²) in [4.78, 5) is 0. The zero-order valence-electron chi connectivity index (χ0n) is 10.5. The molecule has 0 saturated carbocycles. The molecule has 2 aromatic carbocycles. The molecule has 1 unspecified atom stereocenters. The molecule has 0 aromatic heterocycles. The van der Waals surface area contributed by atoms with E-state index < -0.39 is 7.80 Å². The minimum absolute atomic E-state index is 0.152. The molecule has 2 nitrogen and oxygen atoms in total. The van der Waals surface area contributed by atoms with Crippen LogP contribution in [0.3, 0.4) is 0 Å². The van der Waals surface area contributed by atoms with Crippen LogP contribution in [0, 0.1) is 0 Å². The molecular weight excluding hydrogens is 243 g/mol. The van der Waals surface area contributed by atoms with E-state index in [1.54, 1.807) is 0 Å².